The van der Waals surface area contributed by atoms with Crippen molar-refractivity contribution < 1.29 is 14.3 Å². The monoisotopic (exact) mass is 409 g/mol. The summed E-state index contributed by atoms with van der Waals surface area (Å²) in [6.07, 6.45) is 0.758. The van der Waals surface area contributed by atoms with Gasteiger partial charge < -0.3 is 4.74 Å². The van der Waals surface area contributed by atoms with E-state index in [1.54, 1.807) is 19.2 Å². The Morgan fingerprint density at radius 2 is 1.42 bits per heavy atom. The van der Waals surface area contributed by atoms with E-state index in [-0.39, 0.29) is 17.7 Å². The predicted molar refractivity (Wildman–Crippen MR) is 118 cm³/mol. The number of nitrogens with zero attached hydrogens (tertiary/aromatic N) is 1. The molecule has 4 nitrogen and oxygen atoms in total. The van der Waals surface area contributed by atoms with Crippen LogP contribution in [-0.2, 0) is 15.0 Å². The number of ether oxygens (including phenoxy) is 1. The van der Waals surface area contributed by atoms with Gasteiger partial charge in [-0.05, 0) is 40.8 Å². The summed E-state index contributed by atoms with van der Waals surface area (Å²) < 4.78 is 5.51. The molecule has 0 unspecified atom stereocenters. The highest BCUT2D eigenvalue weighted by atomic mass is 16.5. The van der Waals surface area contributed by atoms with E-state index in [4.69, 9.17) is 4.74 Å². The summed E-state index contributed by atoms with van der Waals surface area (Å²) in [6, 6.07) is 24.1. The SMILES string of the molecule is CCC12c3ccccc3C(c3ccccc31)[C@H]1C(=O)N(c3ccccc3OC)C(=O)[C@H]12. The largest absolute Gasteiger partial charge is 0.495 e. The van der Waals surface area contributed by atoms with Gasteiger partial charge in [-0.2, -0.15) is 0 Å². The first-order valence-corrected chi connectivity index (χ1v) is 10.8. The van der Waals surface area contributed by atoms with Gasteiger partial charge >= 0.3 is 0 Å². The Hall–Kier alpha value is -3.40. The van der Waals surface area contributed by atoms with E-state index in [0.717, 1.165) is 6.42 Å². The van der Waals surface area contributed by atoms with Crippen molar-refractivity contribution in [1.29, 1.82) is 0 Å². The third-order valence-corrected chi connectivity index (χ3v) is 7.68. The Morgan fingerprint density at radius 1 is 0.839 bits per heavy atom. The van der Waals surface area contributed by atoms with Crippen molar-refractivity contribution in [1.82, 2.24) is 0 Å². The van der Waals surface area contributed by atoms with Crippen LogP contribution in [-0.4, -0.2) is 18.9 Å². The Labute approximate surface area is 181 Å². The molecule has 2 atom stereocenters. The Morgan fingerprint density at radius 3 is 2.03 bits per heavy atom. The molecule has 0 saturated carbocycles. The molecule has 31 heavy (non-hydrogen) atoms. The van der Waals surface area contributed by atoms with Gasteiger partial charge in [0.1, 0.15) is 5.75 Å². The van der Waals surface area contributed by atoms with Crippen molar-refractivity contribution in [3.8, 4) is 5.75 Å². The molecule has 3 aliphatic carbocycles. The number of imide groups is 1. The minimum Gasteiger partial charge on any atom is -0.495 e. The van der Waals surface area contributed by atoms with Crippen LogP contribution in [0.25, 0.3) is 0 Å². The van der Waals surface area contributed by atoms with Crippen molar-refractivity contribution >= 4 is 17.5 Å². The first-order valence-electron chi connectivity index (χ1n) is 10.8. The predicted octanol–water partition coefficient (Wildman–Crippen LogP) is 4.66. The summed E-state index contributed by atoms with van der Waals surface area (Å²) in [5.74, 6) is -0.619. The maximum atomic E-state index is 14.0. The molecule has 7 rings (SSSR count). The molecule has 0 spiro atoms. The van der Waals surface area contributed by atoms with Gasteiger partial charge in [0.2, 0.25) is 11.8 Å². The van der Waals surface area contributed by atoms with Gasteiger partial charge in [0.25, 0.3) is 0 Å². The van der Waals surface area contributed by atoms with Crippen LogP contribution in [0.5, 0.6) is 5.75 Å². The first-order chi connectivity index (χ1) is 15.1. The van der Waals surface area contributed by atoms with Crippen molar-refractivity contribution in [2.24, 2.45) is 11.8 Å². The molecule has 1 heterocycles. The van der Waals surface area contributed by atoms with E-state index in [0.29, 0.717) is 11.4 Å². The lowest BCUT2D eigenvalue weighted by atomic mass is 9.46. The molecule has 154 valence electrons. The molecule has 0 N–H and O–H groups in total. The zero-order chi connectivity index (χ0) is 21.3. The van der Waals surface area contributed by atoms with Crippen LogP contribution in [0.4, 0.5) is 5.69 Å². The fourth-order valence-electron chi connectivity index (χ4n) is 6.58. The second-order valence-electron chi connectivity index (χ2n) is 8.66. The zero-order valence-corrected chi connectivity index (χ0v) is 17.5. The molecular formula is C27H23NO3. The number of para-hydroxylation sites is 2. The third kappa shape index (κ3) is 2.05. The van der Waals surface area contributed by atoms with E-state index in [1.165, 1.54) is 27.2 Å². The summed E-state index contributed by atoms with van der Waals surface area (Å²) in [6.45, 7) is 2.14. The highest BCUT2D eigenvalue weighted by Gasteiger charge is 2.67. The standard InChI is InChI=1S/C27H23NO3/c1-3-27-18-12-6-4-10-16(18)22(17-11-5-7-13-19(17)27)23-24(27)26(30)28(25(23)29)20-14-8-9-15-21(20)31-2/h4-15,22-24H,3H2,1-2H3/t22?,23-,24+,27?/m1/s1. The fourth-order valence-corrected chi connectivity index (χ4v) is 6.58. The van der Waals surface area contributed by atoms with Gasteiger partial charge in [-0.3, -0.25) is 9.59 Å². The van der Waals surface area contributed by atoms with E-state index in [9.17, 15) is 9.59 Å². The lowest BCUT2D eigenvalue weighted by Gasteiger charge is -2.54. The minimum atomic E-state index is -0.504. The number of carbonyl (C=O) groups is 2. The number of rotatable bonds is 3. The summed E-state index contributed by atoms with van der Waals surface area (Å²) in [7, 11) is 1.57. The molecule has 3 aromatic rings. The highest BCUT2D eigenvalue weighted by Crippen LogP contribution is 2.65. The second kappa shape index (κ2) is 6.30. The molecule has 4 aliphatic rings. The molecule has 3 aromatic carbocycles. The number of methoxy groups -OCH3 is 1. The number of carbonyl (C=O) groups excluding carboxylic acids is 2. The fraction of sp³-hybridized carbons (Fsp3) is 0.259. The van der Waals surface area contributed by atoms with Crippen molar-refractivity contribution in [3.63, 3.8) is 0 Å². The molecule has 1 saturated heterocycles. The van der Waals surface area contributed by atoms with Gasteiger partial charge in [-0.25, -0.2) is 4.90 Å². The maximum absolute atomic E-state index is 14.0. The Bertz CT molecular complexity index is 1200. The summed E-state index contributed by atoms with van der Waals surface area (Å²) >= 11 is 0. The normalized spacial score (nSPS) is 27.7. The average Bonchev–Trinajstić information content (AvgIpc) is 3.09. The van der Waals surface area contributed by atoms with Gasteiger partial charge in [0, 0.05) is 11.3 Å². The van der Waals surface area contributed by atoms with Crippen LogP contribution >= 0.6 is 0 Å². The van der Waals surface area contributed by atoms with E-state index in [2.05, 4.69) is 31.2 Å². The van der Waals surface area contributed by atoms with Crippen LogP contribution in [0.15, 0.2) is 72.8 Å². The van der Waals surface area contributed by atoms with Crippen LogP contribution in [0.1, 0.15) is 41.5 Å². The molecule has 1 aliphatic heterocycles. The van der Waals surface area contributed by atoms with Gasteiger partial charge in [0.05, 0.1) is 24.6 Å². The van der Waals surface area contributed by atoms with Crippen molar-refractivity contribution in [2.75, 3.05) is 12.0 Å². The zero-order valence-electron chi connectivity index (χ0n) is 17.5. The number of benzene rings is 3. The quantitative estimate of drug-likeness (QED) is 0.592. The van der Waals surface area contributed by atoms with Crippen molar-refractivity contribution in [3.05, 3.63) is 95.1 Å². The third-order valence-electron chi connectivity index (χ3n) is 7.68. The lowest BCUT2D eigenvalue weighted by Crippen LogP contribution is -2.53. The highest BCUT2D eigenvalue weighted by molar-refractivity contribution is 6.24. The van der Waals surface area contributed by atoms with Crippen LogP contribution in [0, 0.1) is 11.8 Å². The Balaban J connectivity index is 1.64. The number of hydrogen-bond donors (Lipinski definition) is 0. The van der Waals surface area contributed by atoms with E-state index in [1.807, 2.05) is 36.4 Å². The number of hydrogen-bond acceptors (Lipinski definition) is 3. The summed E-state index contributed by atoms with van der Waals surface area (Å²) in [5.41, 5.74) is 4.81. The van der Waals surface area contributed by atoms with Gasteiger partial charge in [-0.15, -0.1) is 0 Å². The van der Waals surface area contributed by atoms with Crippen LogP contribution in [0.2, 0.25) is 0 Å². The lowest BCUT2D eigenvalue weighted by molar-refractivity contribution is -0.123. The summed E-state index contributed by atoms with van der Waals surface area (Å²) in [5, 5.41) is 0. The van der Waals surface area contributed by atoms with E-state index < -0.39 is 17.3 Å². The molecule has 4 heteroatoms. The summed E-state index contributed by atoms with van der Waals surface area (Å²) in [4.78, 5) is 29.4. The minimum absolute atomic E-state index is 0.109. The smallest absolute Gasteiger partial charge is 0.239 e. The number of anilines is 1. The van der Waals surface area contributed by atoms with E-state index >= 15 is 0 Å². The molecule has 2 amide bonds. The molecule has 1 fully saturated rings. The number of amides is 2. The average molecular weight is 409 g/mol. The molecular weight excluding hydrogens is 386 g/mol. The van der Waals surface area contributed by atoms with Gasteiger partial charge in [0.15, 0.2) is 0 Å². The molecule has 0 aromatic heterocycles. The molecule has 2 bridgehead atoms. The molecule has 0 radical (unpaired) electrons. The first kappa shape index (κ1) is 18.4. The Kier molecular flexibility index (Phi) is 3.73. The second-order valence-corrected chi connectivity index (χ2v) is 8.66. The van der Waals surface area contributed by atoms with Crippen LogP contribution < -0.4 is 9.64 Å². The topological polar surface area (TPSA) is 46.6 Å². The van der Waals surface area contributed by atoms with Crippen LogP contribution in [0.3, 0.4) is 0 Å². The van der Waals surface area contributed by atoms with Gasteiger partial charge in [-0.1, -0.05) is 67.6 Å². The van der Waals surface area contributed by atoms with Crippen molar-refractivity contribution in [2.45, 2.75) is 24.7 Å². The maximum Gasteiger partial charge on any atom is 0.239 e.